The van der Waals surface area contributed by atoms with Gasteiger partial charge in [-0.2, -0.15) is 0 Å². The first kappa shape index (κ1) is 12.7. The fourth-order valence-corrected chi connectivity index (χ4v) is 3.30. The summed E-state index contributed by atoms with van der Waals surface area (Å²) >= 11 is 0. The lowest BCUT2D eigenvalue weighted by atomic mass is 9.89. The van der Waals surface area contributed by atoms with E-state index in [9.17, 15) is 4.79 Å². The van der Waals surface area contributed by atoms with Crippen LogP contribution in [0.5, 0.6) is 0 Å². The van der Waals surface area contributed by atoms with Gasteiger partial charge in [0.2, 0.25) is 0 Å². The lowest BCUT2D eigenvalue weighted by molar-refractivity contribution is -0.145. The maximum atomic E-state index is 11.8. The molecule has 19 heavy (non-hydrogen) atoms. The average Bonchev–Trinajstić information content (AvgIpc) is 2.79. The van der Waals surface area contributed by atoms with E-state index in [2.05, 4.69) is 35.2 Å². The third kappa shape index (κ3) is 2.66. The van der Waals surface area contributed by atoms with Gasteiger partial charge in [-0.15, -0.1) is 0 Å². The summed E-state index contributed by atoms with van der Waals surface area (Å²) in [6.45, 7) is 3.99. The summed E-state index contributed by atoms with van der Waals surface area (Å²) in [5.74, 6) is 0.623. The van der Waals surface area contributed by atoms with Gasteiger partial charge in [0.15, 0.2) is 0 Å². The minimum Gasteiger partial charge on any atom is -0.461 e. The molecular weight excluding hydrogens is 238 g/mol. The van der Waals surface area contributed by atoms with Gasteiger partial charge in [0.1, 0.15) is 12.1 Å². The number of esters is 1. The lowest BCUT2D eigenvalue weighted by Gasteiger charge is -2.34. The maximum Gasteiger partial charge on any atom is 0.323 e. The summed E-state index contributed by atoms with van der Waals surface area (Å²) in [5.41, 5.74) is 1.43. The van der Waals surface area contributed by atoms with E-state index in [1.807, 2.05) is 6.92 Å². The topological polar surface area (TPSA) is 29.5 Å². The van der Waals surface area contributed by atoms with E-state index >= 15 is 0 Å². The second kappa shape index (κ2) is 5.33. The highest BCUT2D eigenvalue weighted by atomic mass is 16.6. The van der Waals surface area contributed by atoms with Crippen molar-refractivity contribution in [2.75, 3.05) is 13.1 Å². The van der Waals surface area contributed by atoms with Crippen LogP contribution in [0.2, 0.25) is 0 Å². The molecule has 0 aromatic heterocycles. The van der Waals surface area contributed by atoms with Gasteiger partial charge in [-0.05, 0) is 44.3 Å². The van der Waals surface area contributed by atoms with Gasteiger partial charge in [-0.3, -0.25) is 9.69 Å². The van der Waals surface area contributed by atoms with Gasteiger partial charge >= 0.3 is 5.97 Å². The van der Waals surface area contributed by atoms with Crippen LogP contribution >= 0.6 is 0 Å². The van der Waals surface area contributed by atoms with Crippen LogP contribution in [0.25, 0.3) is 0 Å². The Morgan fingerprint density at radius 3 is 2.42 bits per heavy atom. The largest absolute Gasteiger partial charge is 0.461 e. The molecule has 3 rings (SSSR count). The number of likely N-dealkylation sites (tertiary alicyclic amines) is 1. The van der Waals surface area contributed by atoms with E-state index in [0.29, 0.717) is 5.92 Å². The fraction of sp³-hybridized carbons (Fsp3) is 0.562. The molecule has 1 aromatic rings. The number of hydrogen-bond donors (Lipinski definition) is 0. The van der Waals surface area contributed by atoms with Crippen molar-refractivity contribution < 1.29 is 9.53 Å². The highest BCUT2D eigenvalue weighted by Gasteiger charge is 2.37. The predicted octanol–water partition coefficient (Wildman–Crippen LogP) is 2.57. The van der Waals surface area contributed by atoms with Crippen LogP contribution in [-0.2, 0) is 9.53 Å². The van der Waals surface area contributed by atoms with Crippen molar-refractivity contribution in [2.45, 2.75) is 44.2 Å². The van der Waals surface area contributed by atoms with E-state index in [0.717, 1.165) is 32.4 Å². The molecule has 1 aromatic carbocycles. The van der Waals surface area contributed by atoms with Crippen molar-refractivity contribution in [1.29, 1.82) is 0 Å². The fourth-order valence-electron chi connectivity index (χ4n) is 3.30. The average molecular weight is 259 g/mol. The molecule has 0 bridgehead atoms. The summed E-state index contributed by atoms with van der Waals surface area (Å²) < 4.78 is 5.26. The third-order valence-corrected chi connectivity index (χ3v) is 4.39. The van der Waals surface area contributed by atoms with Crippen LogP contribution in [0.1, 0.15) is 37.7 Å². The van der Waals surface area contributed by atoms with E-state index in [4.69, 9.17) is 4.74 Å². The Balaban J connectivity index is 1.59. The number of cyclic esters (lactones) is 1. The molecule has 0 radical (unpaired) electrons. The first-order chi connectivity index (χ1) is 9.24. The lowest BCUT2D eigenvalue weighted by Crippen LogP contribution is -2.43. The maximum absolute atomic E-state index is 11.8. The number of rotatable bonds is 2. The molecule has 3 heteroatoms. The summed E-state index contributed by atoms with van der Waals surface area (Å²) in [7, 11) is 0. The van der Waals surface area contributed by atoms with Crippen molar-refractivity contribution in [1.82, 2.24) is 4.90 Å². The molecule has 2 atom stereocenters. The Morgan fingerprint density at radius 2 is 1.84 bits per heavy atom. The molecule has 2 unspecified atom stereocenters. The number of benzene rings is 1. The Bertz CT molecular complexity index is 437. The predicted molar refractivity (Wildman–Crippen MR) is 73.9 cm³/mol. The molecule has 2 fully saturated rings. The van der Waals surface area contributed by atoms with Crippen LogP contribution in [0, 0.1) is 0 Å². The van der Waals surface area contributed by atoms with Crippen molar-refractivity contribution in [3.63, 3.8) is 0 Å². The Kier molecular flexibility index (Phi) is 3.56. The second-order valence-electron chi connectivity index (χ2n) is 5.72. The summed E-state index contributed by atoms with van der Waals surface area (Å²) in [5, 5.41) is 0. The van der Waals surface area contributed by atoms with Gasteiger partial charge in [0.05, 0.1) is 0 Å². The van der Waals surface area contributed by atoms with Gasteiger partial charge in [0.25, 0.3) is 0 Å². The number of nitrogens with zero attached hydrogens (tertiary/aromatic N) is 1. The zero-order valence-electron chi connectivity index (χ0n) is 11.4. The number of carbonyl (C=O) groups excluding carboxylic acids is 1. The van der Waals surface area contributed by atoms with Crippen LogP contribution in [0.3, 0.4) is 0 Å². The third-order valence-electron chi connectivity index (χ3n) is 4.39. The van der Waals surface area contributed by atoms with E-state index in [1.165, 1.54) is 5.56 Å². The zero-order chi connectivity index (χ0) is 13.2. The highest BCUT2D eigenvalue weighted by Crippen LogP contribution is 2.31. The van der Waals surface area contributed by atoms with Gasteiger partial charge in [-0.25, -0.2) is 0 Å². The van der Waals surface area contributed by atoms with Crippen LogP contribution in [0.4, 0.5) is 0 Å². The summed E-state index contributed by atoms with van der Waals surface area (Å²) in [4.78, 5) is 14.1. The normalized spacial score (nSPS) is 29.4. The smallest absolute Gasteiger partial charge is 0.323 e. The number of carbonyl (C=O) groups is 1. The van der Waals surface area contributed by atoms with E-state index < -0.39 is 0 Å². The SMILES string of the molecule is CC1CC(N2CCC(c3ccccc3)CC2)C(=O)O1. The van der Waals surface area contributed by atoms with E-state index in [-0.39, 0.29) is 18.1 Å². The van der Waals surface area contributed by atoms with Gasteiger partial charge in [-0.1, -0.05) is 30.3 Å². The molecule has 0 spiro atoms. The molecule has 2 aliphatic heterocycles. The van der Waals surface area contributed by atoms with E-state index in [1.54, 1.807) is 0 Å². The van der Waals surface area contributed by atoms with Crippen molar-refractivity contribution in [2.24, 2.45) is 0 Å². The standard InChI is InChI=1S/C16H21NO2/c1-12-11-15(16(18)19-12)17-9-7-14(8-10-17)13-5-3-2-4-6-13/h2-6,12,14-15H,7-11H2,1H3. The van der Waals surface area contributed by atoms with Crippen molar-refractivity contribution in [3.05, 3.63) is 35.9 Å². The zero-order valence-corrected chi connectivity index (χ0v) is 11.4. The first-order valence-corrected chi connectivity index (χ1v) is 7.23. The quantitative estimate of drug-likeness (QED) is 0.765. The van der Waals surface area contributed by atoms with Gasteiger partial charge < -0.3 is 4.74 Å². The molecule has 3 nitrogen and oxygen atoms in total. The van der Waals surface area contributed by atoms with Crippen LogP contribution in [-0.4, -0.2) is 36.1 Å². The molecule has 2 aliphatic rings. The minimum absolute atomic E-state index is 0.00623. The van der Waals surface area contributed by atoms with Gasteiger partial charge in [0, 0.05) is 6.42 Å². The molecule has 0 saturated carbocycles. The molecule has 0 amide bonds. The Morgan fingerprint density at radius 1 is 1.16 bits per heavy atom. The van der Waals surface area contributed by atoms with Crippen LogP contribution < -0.4 is 0 Å². The number of ether oxygens (including phenoxy) is 1. The van der Waals surface area contributed by atoms with Crippen molar-refractivity contribution >= 4 is 5.97 Å². The molecule has 0 N–H and O–H groups in total. The monoisotopic (exact) mass is 259 g/mol. The molecule has 2 heterocycles. The molecule has 102 valence electrons. The molecule has 2 saturated heterocycles. The van der Waals surface area contributed by atoms with Crippen molar-refractivity contribution in [3.8, 4) is 0 Å². The minimum atomic E-state index is -0.0225. The number of hydrogen-bond acceptors (Lipinski definition) is 3. The first-order valence-electron chi connectivity index (χ1n) is 7.23. The Labute approximate surface area is 114 Å². The molecule has 0 aliphatic carbocycles. The highest BCUT2D eigenvalue weighted by molar-refractivity contribution is 5.78. The summed E-state index contributed by atoms with van der Waals surface area (Å²) in [6, 6.07) is 10.7. The summed E-state index contributed by atoms with van der Waals surface area (Å²) in [6.07, 6.45) is 3.23. The number of piperidine rings is 1. The second-order valence-corrected chi connectivity index (χ2v) is 5.72. The molecular formula is C16H21NO2. The van der Waals surface area contributed by atoms with Crippen LogP contribution in [0.15, 0.2) is 30.3 Å². The Hall–Kier alpha value is -1.35.